The van der Waals surface area contributed by atoms with Crippen LogP contribution in [0.2, 0.25) is 5.02 Å². The van der Waals surface area contributed by atoms with Crippen LogP contribution in [0.3, 0.4) is 0 Å². The number of nitrogens with one attached hydrogen (secondary N) is 1. The molecule has 0 fully saturated rings. The lowest BCUT2D eigenvalue weighted by Gasteiger charge is -2.12. The van der Waals surface area contributed by atoms with Crippen LogP contribution >= 0.6 is 22.9 Å². The van der Waals surface area contributed by atoms with E-state index < -0.39 is 10.0 Å². The molecule has 138 valence electrons. The second kappa shape index (κ2) is 6.72. The van der Waals surface area contributed by atoms with Crippen molar-refractivity contribution in [1.29, 1.82) is 0 Å². The molecule has 26 heavy (non-hydrogen) atoms. The Labute approximate surface area is 162 Å². The maximum absolute atomic E-state index is 13.2. The van der Waals surface area contributed by atoms with Gasteiger partial charge in [0.05, 0.1) is 22.0 Å². The largest absolute Gasteiger partial charge is 0.356 e. The summed E-state index contributed by atoms with van der Waals surface area (Å²) in [4.78, 5) is 1.75. The van der Waals surface area contributed by atoms with Gasteiger partial charge in [-0.05, 0) is 52.3 Å². The maximum atomic E-state index is 13.2. The average Bonchev–Trinajstić information content (AvgIpc) is 3.02. The number of sulfonamides is 1. The van der Waals surface area contributed by atoms with Crippen LogP contribution in [-0.4, -0.2) is 13.6 Å². The summed E-state index contributed by atoms with van der Waals surface area (Å²) in [6.45, 7) is 9.25. The predicted molar refractivity (Wildman–Crippen MR) is 106 cm³/mol. The molecule has 0 saturated carbocycles. The van der Waals surface area contributed by atoms with Gasteiger partial charge in [-0.1, -0.05) is 22.8 Å². The van der Waals surface area contributed by atoms with E-state index in [0.717, 1.165) is 21.7 Å². The van der Waals surface area contributed by atoms with Gasteiger partial charge in [0.25, 0.3) is 10.0 Å². The molecule has 0 aliphatic carbocycles. The molecule has 0 saturated heterocycles. The van der Waals surface area contributed by atoms with Crippen LogP contribution in [0.4, 0.5) is 5.69 Å². The first-order chi connectivity index (χ1) is 12.1. The van der Waals surface area contributed by atoms with Crippen LogP contribution in [0.5, 0.6) is 0 Å². The minimum atomic E-state index is -3.86. The first-order valence-corrected chi connectivity index (χ1v) is 10.6. The van der Waals surface area contributed by atoms with E-state index in [9.17, 15) is 8.42 Å². The van der Waals surface area contributed by atoms with Gasteiger partial charge >= 0.3 is 0 Å². The van der Waals surface area contributed by atoms with E-state index in [0.29, 0.717) is 26.9 Å². The fourth-order valence-corrected chi connectivity index (χ4v) is 6.07. The fourth-order valence-electron chi connectivity index (χ4n) is 2.80. The van der Waals surface area contributed by atoms with E-state index in [4.69, 9.17) is 16.1 Å². The SMILES string of the molecule is Cc1ccc(NS(=O)(=O)c2c(C)sc(C)c2-c2onc(C)c2C)c(Cl)c1. The summed E-state index contributed by atoms with van der Waals surface area (Å²) in [5, 5.41) is 4.32. The molecule has 0 aliphatic heterocycles. The number of hydrogen-bond acceptors (Lipinski definition) is 5. The summed E-state index contributed by atoms with van der Waals surface area (Å²) in [6, 6.07) is 5.18. The molecule has 0 radical (unpaired) electrons. The Morgan fingerprint density at radius 3 is 2.38 bits per heavy atom. The van der Waals surface area contributed by atoms with E-state index in [1.54, 1.807) is 25.1 Å². The highest BCUT2D eigenvalue weighted by molar-refractivity contribution is 7.93. The molecule has 1 N–H and O–H groups in total. The number of hydrogen-bond donors (Lipinski definition) is 1. The Bertz CT molecular complexity index is 1100. The Balaban J connectivity index is 2.15. The van der Waals surface area contributed by atoms with Gasteiger partial charge in [-0.25, -0.2) is 8.42 Å². The number of aromatic nitrogens is 1. The molecular formula is C18H19ClN2O3S2. The molecule has 8 heteroatoms. The second-order valence-corrected chi connectivity index (χ2v) is 9.68. The summed E-state index contributed by atoms with van der Waals surface area (Å²) in [7, 11) is -3.86. The van der Waals surface area contributed by atoms with Gasteiger partial charge in [0.1, 0.15) is 4.90 Å². The maximum Gasteiger partial charge on any atom is 0.263 e. The quantitative estimate of drug-likeness (QED) is 0.625. The molecular weight excluding hydrogens is 392 g/mol. The third kappa shape index (κ3) is 3.26. The molecule has 0 aliphatic rings. The standard InChI is InChI=1S/C18H19ClN2O3S2/c1-9-6-7-15(14(19)8-9)21-26(22,23)18-13(5)25-12(4)16(18)17-10(2)11(3)20-24-17/h6-8,21H,1-5H3. The zero-order chi connectivity index (χ0) is 19.2. The summed E-state index contributed by atoms with van der Waals surface area (Å²) in [6.07, 6.45) is 0. The highest BCUT2D eigenvalue weighted by Gasteiger charge is 2.30. The van der Waals surface area contributed by atoms with E-state index in [-0.39, 0.29) is 4.90 Å². The molecule has 2 heterocycles. The van der Waals surface area contributed by atoms with Crippen molar-refractivity contribution in [3.63, 3.8) is 0 Å². The van der Waals surface area contributed by atoms with Crippen molar-refractivity contribution in [3.05, 3.63) is 49.8 Å². The van der Waals surface area contributed by atoms with Crippen molar-refractivity contribution < 1.29 is 12.9 Å². The van der Waals surface area contributed by atoms with Gasteiger partial charge in [-0.2, -0.15) is 0 Å². The molecule has 2 aromatic heterocycles. The van der Waals surface area contributed by atoms with Crippen molar-refractivity contribution >= 4 is 38.6 Å². The molecule has 3 rings (SSSR count). The Kier molecular flexibility index (Phi) is 4.90. The topological polar surface area (TPSA) is 72.2 Å². The minimum absolute atomic E-state index is 0.205. The van der Waals surface area contributed by atoms with Crippen LogP contribution in [0, 0.1) is 34.6 Å². The predicted octanol–water partition coefficient (Wildman–Crippen LogP) is 5.40. The number of benzene rings is 1. The number of nitrogens with zero attached hydrogens (tertiary/aromatic N) is 1. The van der Waals surface area contributed by atoms with Crippen molar-refractivity contribution in [1.82, 2.24) is 5.16 Å². The lowest BCUT2D eigenvalue weighted by molar-refractivity contribution is 0.426. The summed E-state index contributed by atoms with van der Waals surface area (Å²) in [5.41, 5.74) is 3.42. The van der Waals surface area contributed by atoms with Crippen molar-refractivity contribution in [3.8, 4) is 11.3 Å². The van der Waals surface area contributed by atoms with Crippen LogP contribution in [0.25, 0.3) is 11.3 Å². The highest BCUT2D eigenvalue weighted by Crippen LogP contribution is 2.41. The lowest BCUT2D eigenvalue weighted by atomic mass is 10.1. The fraction of sp³-hybridized carbons (Fsp3) is 0.278. The van der Waals surface area contributed by atoms with Gasteiger partial charge in [0.15, 0.2) is 5.76 Å². The lowest BCUT2D eigenvalue weighted by Crippen LogP contribution is -2.14. The third-order valence-electron chi connectivity index (χ3n) is 4.23. The molecule has 0 unspecified atom stereocenters. The Morgan fingerprint density at radius 2 is 1.81 bits per heavy atom. The van der Waals surface area contributed by atoms with E-state index in [1.807, 2.05) is 27.7 Å². The smallest absolute Gasteiger partial charge is 0.263 e. The third-order valence-corrected chi connectivity index (χ3v) is 7.23. The zero-order valence-electron chi connectivity index (χ0n) is 15.1. The molecule has 5 nitrogen and oxygen atoms in total. The summed E-state index contributed by atoms with van der Waals surface area (Å²) < 4.78 is 34.4. The van der Waals surface area contributed by atoms with Gasteiger partial charge in [0, 0.05) is 15.3 Å². The minimum Gasteiger partial charge on any atom is -0.356 e. The summed E-state index contributed by atoms with van der Waals surface area (Å²) in [5.74, 6) is 0.486. The molecule has 0 bridgehead atoms. The number of halogens is 1. The number of thiophene rings is 1. The molecule has 0 atom stereocenters. The van der Waals surface area contributed by atoms with E-state index in [2.05, 4.69) is 9.88 Å². The summed E-state index contributed by atoms with van der Waals surface area (Å²) >= 11 is 7.61. The van der Waals surface area contributed by atoms with Gasteiger partial charge < -0.3 is 4.52 Å². The first-order valence-electron chi connectivity index (χ1n) is 7.94. The number of aryl methyl sites for hydroxylation is 4. The first kappa shape index (κ1) is 18.9. The van der Waals surface area contributed by atoms with Crippen molar-refractivity contribution in [2.45, 2.75) is 39.5 Å². The van der Waals surface area contributed by atoms with Crippen molar-refractivity contribution in [2.24, 2.45) is 0 Å². The zero-order valence-corrected chi connectivity index (χ0v) is 17.5. The molecule has 1 aromatic carbocycles. The Hall–Kier alpha value is -1.83. The average molecular weight is 411 g/mol. The van der Waals surface area contributed by atoms with Crippen molar-refractivity contribution in [2.75, 3.05) is 4.72 Å². The highest BCUT2D eigenvalue weighted by atomic mass is 35.5. The van der Waals surface area contributed by atoms with E-state index >= 15 is 0 Å². The molecule has 3 aromatic rings. The second-order valence-electron chi connectivity index (χ2n) is 6.23. The number of anilines is 1. The van der Waals surface area contributed by atoms with Crippen LogP contribution in [0.1, 0.15) is 26.6 Å². The molecule has 0 spiro atoms. The van der Waals surface area contributed by atoms with Crippen LogP contribution in [-0.2, 0) is 10.0 Å². The van der Waals surface area contributed by atoms with E-state index in [1.165, 1.54) is 11.3 Å². The Morgan fingerprint density at radius 1 is 1.12 bits per heavy atom. The number of rotatable bonds is 4. The van der Waals surface area contributed by atoms with Crippen LogP contribution in [0.15, 0.2) is 27.6 Å². The van der Waals surface area contributed by atoms with Crippen LogP contribution < -0.4 is 4.72 Å². The van der Waals surface area contributed by atoms with Gasteiger partial charge in [0.2, 0.25) is 0 Å². The van der Waals surface area contributed by atoms with Gasteiger partial charge in [-0.3, -0.25) is 4.72 Å². The monoisotopic (exact) mass is 410 g/mol. The normalized spacial score (nSPS) is 11.8. The van der Waals surface area contributed by atoms with Gasteiger partial charge in [-0.15, -0.1) is 11.3 Å². The molecule has 0 amide bonds.